The second kappa shape index (κ2) is 5.07. The van der Waals surface area contributed by atoms with Gasteiger partial charge in [0, 0.05) is 4.88 Å². The second-order valence-electron chi connectivity index (χ2n) is 5.17. The average Bonchev–Trinajstić information content (AvgIpc) is 2.85. The van der Waals surface area contributed by atoms with Crippen LogP contribution in [-0.4, -0.2) is 11.5 Å². The highest BCUT2D eigenvalue weighted by Crippen LogP contribution is 2.45. The average molecular weight is 252 g/mol. The molecule has 0 aliphatic heterocycles. The Hall–Kier alpha value is -0.410. The van der Waals surface area contributed by atoms with Gasteiger partial charge in [0.15, 0.2) is 0 Å². The van der Waals surface area contributed by atoms with Gasteiger partial charge in [-0.25, -0.2) is 4.98 Å². The molecular formula is C14H24N2S. The van der Waals surface area contributed by atoms with E-state index in [1.165, 1.54) is 34.8 Å². The predicted octanol–water partition coefficient (Wildman–Crippen LogP) is 3.64. The molecule has 1 N–H and O–H groups in total. The van der Waals surface area contributed by atoms with Gasteiger partial charge < -0.3 is 5.32 Å². The number of hydrogen-bond donors (Lipinski definition) is 1. The Bertz CT molecular complexity index is 386. The van der Waals surface area contributed by atoms with Crippen molar-refractivity contribution >= 4 is 11.3 Å². The Morgan fingerprint density at radius 3 is 2.71 bits per heavy atom. The first-order valence-corrected chi connectivity index (χ1v) is 7.67. The summed E-state index contributed by atoms with van der Waals surface area (Å²) in [7, 11) is 0. The third-order valence-corrected chi connectivity index (χ3v) is 5.34. The summed E-state index contributed by atoms with van der Waals surface area (Å²) in [6.07, 6.45) is 4.96. The Labute approximate surface area is 109 Å². The minimum Gasteiger partial charge on any atom is -0.305 e. The van der Waals surface area contributed by atoms with Crippen molar-refractivity contribution in [1.29, 1.82) is 0 Å². The maximum absolute atomic E-state index is 4.91. The number of aryl methyl sites for hydroxylation is 2. The molecule has 0 aromatic carbocycles. The molecular weight excluding hydrogens is 228 g/mol. The quantitative estimate of drug-likeness (QED) is 0.885. The minimum absolute atomic E-state index is 0.164. The van der Waals surface area contributed by atoms with Gasteiger partial charge in [0.25, 0.3) is 0 Å². The summed E-state index contributed by atoms with van der Waals surface area (Å²) < 4.78 is 0. The Balaban J connectivity index is 2.38. The van der Waals surface area contributed by atoms with Crippen molar-refractivity contribution in [2.75, 3.05) is 6.54 Å². The molecule has 1 aliphatic carbocycles. The number of nitrogens with one attached hydrogen (secondary N) is 1. The van der Waals surface area contributed by atoms with Crippen LogP contribution in [0, 0.1) is 12.8 Å². The summed E-state index contributed by atoms with van der Waals surface area (Å²) in [5.74, 6) is 0.706. The number of hydrogen-bond acceptors (Lipinski definition) is 3. The van der Waals surface area contributed by atoms with E-state index in [0.717, 1.165) is 13.0 Å². The number of rotatable bonds is 4. The molecule has 1 heterocycles. The van der Waals surface area contributed by atoms with E-state index in [9.17, 15) is 0 Å². The maximum atomic E-state index is 4.91. The van der Waals surface area contributed by atoms with Crippen LogP contribution in [0.2, 0.25) is 0 Å². The van der Waals surface area contributed by atoms with Crippen molar-refractivity contribution in [2.24, 2.45) is 5.92 Å². The largest absolute Gasteiger partial charge is 0.305 e. The normalized spacial score (nSPS) is 28.8. The van der Waals surface area contributed by atoms with Crippen LogP contribution in [-0.2, 0) is 12.0 Å². The first-order chi connectivity index (χ1) is 8.14. The lowest BCUT2D eigenvalue weighted by molar-refractivity contribution is 0.267. The summed E-state index contributed by atoms with van der Waals surface area (Å²) in [6, 6.07) is 0. The van der Waals surface area contributed by atoms with Gasteiger partial charge in [-0.05, 0) is 38.6 Å². The van der Waals surface area contributed by atoms with Gasteiger partial charge in [-0.15, -0.1) is 11.3 Å². The molecule has 0 bridgehead atoms. The van der Waals surface area contributed by atoms with E-state index in [0.29, 0.717) is 5.92 Å². The summed E-state index contributed by atoms with van der Waals surface area (Å²) in [5.41, 5.74) is 1.46. The lowest BCUT2D eigenvalue weighted by Crippen LogP contribution is -2.44. The van der Waals surface area contributed by atoms with E-state index in [1.54, 1.807) is 0 Å². The second-order valence-corrected chi connectivity index (χ2v) is 6.37. The van der Waals surface area contributed by atoms with E-state index < -0.39 is 0 Å². The molecule has 1 aromatic heterocycles. The Kier molecular flexibility index (Phi) is 3.88. The van der Waals surface area contributed by atoms with Crippen LogP contribution < -0.4 is 5.32 Å². The molecule has 0 amide bonds. The van der Waals surface area contributed by atoms with Crippen LogP contribution >= 0.6 is 11.3 Å². The van der Waals surface area contributed by atoms with Crippen LogP contribution in [0.25, 0.3) is 0 Å². The zero-order chi connectivity index (χ0) is 12.5. The summed E-state index contributed by atoms with van der Waals surface area (Å²) in [4.78, 5) is 6.31. The molecule has 1 aromatic rings. The van der Waals surface area contributed by atoms with Crippen molar-refractivity contribution < 1.29 is 0 Å². The van der Waals surface area contributed by atoms with Gasteiger partial charge in [0.1, 0.15) is 5.01 Å². The van der Waals surface area contributed by atoms with Crippen LogP contribution in [0.5, 0.6) is 0 Å². The zero-order valence-corrected chi connectivity index (χ0v) is 12.3. The summed E-state index contributed by atoms with van der Waals surface area (Å²) >= 11 is 1.91. The highest BCUT2D eigenvalue weighted by molar-refractivity contribution is 7.11. The molecule has 96 valence electrons. The van der Waals surface area contributed by atoms with E-state index >= 15 is 0 Å². The molecule has 0 saturated heterocycles. The molecule has 2 atom stereocenters. The van der Waals surface area contributed by atoms with Crippen LogP contribution in [0.3, 0.4) is 0 Å². The van der Waals surface area contributed by atoms with Crippen molar-refractivity contribution in [3.63, 3.8) is 0 Å². The molecule has 0 spiro atoms. The number of thiazole rings is 1. The molecule has 1 saturated carbocycles. The molecule has 1 fully saturated rings. The van der Waals surface area contributed by atoms with Gasteiger partial charge in [0.05, 0.1) is 11.2 Å². The third-order valence-electron chi connectivity index (χ3n) is 4.15. The lowest BCUT2D eigenvalue weighted by atomic mass is 9.89. The highest BCUT2D eigenvalue weighted by atomic mass is 32.1. The SMILES string of the molecule is CCNC1(c2nc(CC)c(C)s2)CCCC1C. The monoisotopic (exact) mass is 252 g/mol. The van der Waals surface area contributed by atoms with Crippen molar-refractivity contribution in [3.8, 4) is 0 Å². The highest BCUT2D eigenvalue weighted by Gasteiger charge is 2.43. The minimum atomic E-state index is 0.164. The lowest BCUT2D eigenvalue weighted by Gasteiger charge is -2.32. The zero-order valence-electron chi connectivity index (χ0n) is 11.5. The summed E-state index contributed by atoms with van der Waals surface area (Å²) in [6.45, 7) is 10.0. The van der Waals surface area contributed by atoms with Gasteiger partial charge in [0.2, 0.25) is 0 Å². The number of aromatic nitrogens is 1. The maximum Gasteiger partial charge on any atom is 0.114 e. The first kappa shape index (κ1) is 13.0. The van der Waals surface area contributed by atoms with Crippen LogP contribution in [0.15, 0.2) is 0 Å². The molecule has 2 nitrogen and oxygen atoms in total. The number of nitrogens with zero attached hydrogens (tertiary/aromatic N) is 1. The fourth-order valence-corrected chi connectivity index (χ4v) is 4.41. The molecule has 1 aliphatic rings. The Morgan fingerprint density at radius 2 is 2.24 bits per heavy atom. The standard InChI is InChI=1S/C14H24N2S/c1-5-12-11(4)17-13(16-12)14(15-6-2)9-7-8-10(14)3/h10,15H,5-9H2,1-4H3. The van der Waals surface area contributed by atoms with E-state index in [4.69, 9.17) is 4.98 Å². The topological polar surface area (TPSA) is 24.9 Å². The van der Waals surface area contributed by atoms with Gasteiger partial charge in [-0.3, -0.25) is 0 Å². The smallest absolute Gasteiger partial charge is 0.114 e. The van der Waals surface area contributed by atoms with E-state index in [1.807, 2.05) is 11.3 Å². The first-order valence-electron chi connectivity index (χ1n) is 6.85. The van der Waals surface area contributed by atoms with E-state index in [-0.39, 0.29) is 5.54 Å². The fraction of sp³-hybridized carbons (Fsp3) is 0.786. The molecule has 3 heteroatoms. The molecule has 2 rings (SSSR count). The van der Waals surface area contributed by atoms with Gasteiger partial charge >= 0.3 is 0 Å². The fourth-order valence-electron chi connectivity index (χ4n) is 3.10. The predicted molar refractivity (Wildman–Crippen MR) is 74.6 cm³/mol. The third kappa shape index (κ3) is 2.15. The molecule has 0 radical (unpaired) electrons. The van der Waals surface area contributed by atoms with Crippen molar-refractivity contribution in [1.82, 2.24) is 10.3 Å². The molecule has 2 unspecified atom stereocenters. The van der Waals surface area contributed by atoms with E-state index in [2.05, 4.69) is 33.0 Å². The van der Waals surface area contributed by atoms with Crippen molar-refractivity contribution in [3.05, 3.63) is 15.6 Å². The van der Waals surface area contributed by atoms with Crippen molar-refractivity contribution in [2.45, 2.75) is 58.9 Å². The van der Waals surface area contributed by atoms with Gasteiger partial charge in [-0.1, -0.05) is 27.2 Å². The Morgan fingerprint density at radius 1 is 1.47 bits per heavy atom. The van der Waals surface area contributed by atoms with Crippen LogP contribution in [0.1, 0.15) is 55.6 Å². The summed E-state index contributed by atoms with van der Waals surface area (Å²) in [5, 5.41) is 5.07. The van der Waals surface area contributed by atoms with Gasteiger partial charge in [-0.2, -0.15) is 0 Å². The molecule has 17 heavy (non-hydrogen) atoms. The van der Waals surface area contributed by atoms with Crippen LogP contribution in [0.4, 0.5) is 0 Å².